The van der Waals surface area contributed by atoms with E-state index >= 15 is 0 Å². The van der Waals surface area contributed by atoms with Gasteiger partial charge in [0.15, 0.2) is 5.96 Å². The fraction of sp³-hybridized carbons (Fsp3) is 0.944. The second kappa shape index (κ2) is 7.51. The molecule has 0 aromatic carbocycles. The zero-order valence-electron chi connectivity index (χ0n) is 13.8. The maximum absolute atomic E-state index is 4.91. The van der Waals surface area contributed by atoms with Gasteiger partial charge >= 0.3 is 0 Å². The topological polar surface area (TPSA) is 27.6 Å². The molecule has 0 spiro atoms. The summed E-state index contributed by atoms with van der Waals surface area (Å²) in [5.41, 5.74) is 0. The van der Waals surface area contributed by atoms with Gasteiger partial charge < -0.3 is 10.2 Å². The first kappa shape index (κ1) is 15.2. The summed E-state index contributed by atoms with van der Waals surface area (Å²) in [6, 6.07) is 2.19. The van der Waals surface area contributed by atoms with Gasteiger partial charge in [-0.3, -0.25) is 4.99 Å². The summed E-state index contributed by atoms with van der Waals surface area (Å²) in [5.74, 6) is 1.25. The maximum atomic E-state index is 4.91. The van der Waals surface area contributed by atoms with E-state index in [2.05, 4.69) is 17.1 Å². The lowest BCUT2D eigenvalue weighted by Crippen LogP contribution is -2.53. The van der Waals surface area contributed by atoms with E-state index in [1.807, 2.05) is 0 Å². The van der Waals surface area contributed by atoms with Crippen LogP contribution in [0.5, 0.6) is 0 Å². The Morgan fingerprint density at radius 1 is 0.857 bits per heavy atom. The molecule has 3 nitrogen and oxygen atoms in total. The normalized spacial score (nSPS) is 25.9. The Morgan fingerprint density at radius 3 is 1.81 bits per heavy atom. The molecule has 3 rings (SSSR count). The Kier molecular flexibility index (Phi) is 5.43. The summed E-state index contributed by atoms with van der Waals surface area (Å²) in [7, 11) is 0. The van der Waals surface area contributed by atoms with Crippen molar-refractivity contribution in [2.45, 2.75) is 102 Å². The van der Waals surface area contributed by atoms with Gasteiger partial charge in [-0.15, -0.1) is 0 Å². The second-order valence-corrected chi connectivity index (χ2v) is 7.21. The van der Waals surface area contributed by atoms with Crippen LogP contribution in [0.2, 0.25) is 0 Å². The highest BCUT2D eigenvalue weighted by atomic mass is 15.3. The molecule has 0 amide bonds. The number of hydrogen-bond donors (Lipinski definition) is 1. The van der Waals surface area contributed by atoms with Crippen LogP contribution >= 0.6 is 0 Å². The van der Waals surface area contributed by atoms with E-state index in [-0.39, 0.29) is 0 Å². The van der Waals surface area contributed by atoms with Gasteiger partial charge in [0.05, 0.1) is 0 Å². The van der Waals surface area contributed by atoms with E-state index in [1.54, 1.807) is 0 Å². The predicted molar refractivity (Wildman–Crippen MR) is 89.7 cm³/mol. The van der Waals surface area contributed by atoms with Crippen LogP contribution in [-0.4, -0.2) is 35.5 Å². The van der Waals surface area contributed by atoms with E-state index in [0.29, 0.717) is 6.04 Å². The van der Waals surface area contributed by atoms with E-state index < -0.39 is 0 Å². The van der Waals surface area contributed by atoms with Gasteiger partial charge in [-0.2, -0.15) is 0 Å². The zero-order valence-corrected chi connectivity index (χ0v) is 13.8. The molecule has 3 aliphatic rings. The van der Waals surface area contributed by atoms with Crippen LogP contribution < -0.4 is 5.32 Å². The molecule has 0 aromatic rings. The molecular formula is C18H33N3. The average molecular weight is 291 g/mol. The Hall–Kier alpha value is -0.730. The largest absolute Gasteiger partial charge is 0.353 e. The van der Waals surface area contributed by atoms with Gasteiger partial charge in [0, 0.05) is 24.7 Å². The summed E-state index contributed by atoms with van der Waals surface area (Å²) < 4.78 is 0. The first-order valence-electron chi connectivity index (χ1n) is 9.48. The standard InChI is InChI=1S/C18H33N3/c1-2-19-18(20-15-9-3-4-10-15)21(16-11-5-6-12-16)17-13-7-8-14-17/h15-17H,2-14H2,1H3,(H,19,20). The molecule has 0 aromatic heterocycles. The van der Waals surface area contributed by atoms with Gasteiger partial charge in [0.25, 0.3) is 0 Å². The minimum absolute atomic E-state index is 0.681. The third-order valence-corrected chi connectivity index (χ3v) is 5.68. The van der Waals surface area contributed by atoms with Gasteiger partial charge in [-0.1, -0.05) is 38.5 Å². The van der Waals surface area contributed by atoms with Gasteiger partial charge in [0.2, 0.25) is 0 Å². The molecule has 0 atom stereocenters. The van der Waals surface area contributed by atoms with Crippen molar-refractivity contribution in [3.05, 3.63) is 0 Å². The molecule has 1 N–H and O–H groups in total. The van der Waals surface area contributed by atoms with Crippen molar-refractivity contribution >= 4 is 5.96 Å². The molecule has 0 bridgehead atoms. The van der Waals surface area contributed by atoms with E-state index in [4.69, 9.17) is 4.99 Å². The smallest absolute Gasteiger partial charge is 0.194 e. The van der Waals surface area contributed by atoms with Crippen LogP contribution in [0.3, 0.4) is 0 Å². The number of nitrogens with zero attached hydrogens (tertiary/aromatic N) is 2. The number of nitrogens with one attached hydrogen (secondary N) is 1. The number of rotatable bonds is 4. The number of aliphatic imine (C=N–C) groups is 1. The zero-order chi connectivity index (χ0) is 14.5. The van der Waals surface area contributed by atoms with Crippen molar-refractivity contribution in [3.63, 3.8) is 0 Å². The van der Waals surface area contributed by atoms with E-state index in [9.17, 15) is 0 Å². The number of guanidine groups is 1. The monoisotopic (exact) mass is 291 g/mol. The fourth-order valence-electron chi connectivity index (χ4n) is 4.61. The van der Waals surface area contributed by atoms with Gasteiger partial charge in [-0.05, 0) is 45.4 Å². The molecule has 3 aliphatic carbocycles. The van der Waals surface area contributed by atoms with Crippen LogP contribution in [0.15, 0.2) is 4.99 Å². The molecule has 120 valence electrons. The van der Waals surface area contributed by atoms with Crippen molar-refractivity contribution in [3.8, 4) is 0 Å². The lowest BCUT2D eigenvalue weighted by Gasteiger charge is -2.38. The molecule has 21 heavy (non-hydrogen) atoms. The summed E-state index contributed by atoms with van der Waals surface area (Å²) in [6.07, 6.45) is 16.6. The summed E-state index contributed by atoms with van der Waals surface area (Å²) >= 11 is 0. The highest BCUT2D eigenvalue weighted by molar-refractivity contribution is 5.81. The van der Waals surface area contributed by atoms with Crippen molar-refractivity contribution in [2.75, 3.05) is 6.54 Å². The summed E-state index contributed by atoms with van der Waals surface area (Å²) in [4.78, 5) is 7.65. The van der Waals surface area contributed by atoms with Crippen LogP contribution in [0.25, 0.3) is 0 Å². The van der Waals surface area contributed by atoms with Gasteiger partial charge in [0.1, 0.15) is 0 Å². The molecule has 3 heteroatoms. The summed E-state index contributed by atoms with van der Waals surface area (Å²) in [6.45, 7) is 3.09. The molecule has 0 unspecified atom stereocenters. The van der Waals surface area contributed by atoms with Crippen molar-refractivity contribution in [1.82, 2.24) is 10.2 Å². The Balaban J connectivity index is 1.74. The van der Waals surface area contributed by atoms with E-state index in [1.165, 1.54) is 83.0 Å². The maximum Gasteiger partial charge on any atom is 0.194 e. The van der Waals surface area contributed by atoms with Crippen LogP contribution in [0, 0.1) is 0 Å². The Morgan fingerprint density at radius 2 is 1.33 bits per heavy atom. The molecule has 0 saturated heterocycles. The average Bonchev–Trinajstić information content (AvgIpc) is 3.23. The lowest BCUT2D eigenvalue weighted by molar-refractivity contribution is 0.228. The highest BCUT2D eigenvalue weighted by Gasteiger charge is 2.33. The number of hydrogen-bond acceptors (Lipinski definition) is 1. The summed E-state index contributed by atoms with van der Waals surface area (Å²) in [5, 5.41) is 3.85. The third-order valence-electron chi connectivity index (χ3n) is 5.68. The Labute approximate surface area is 130 Å². The second-order valence-electron chi connectivity index (χ2n) is 7.21. The first-order valence-corrected chi connectivity index (χ1v) is 9.48. The lowest BCUT2D eigenvalue weighted by atomic mass is 10.1. The highest BCUT2D eigenvalue weighted by Crippen LogP contribution is 2.32. The quantitative estimate of drug-likeness (QED) is 0.624. The van der Waals surface area contributed by atoms with Crippen molar-refractivity contribution in [1.29, 1.82) is 0 Å². The van der Waals surface area contributed by atoms with Crippen molar-refractivity contribution < 1.29 is 0 Å². The van der Waals surface area contributed by atoms with Gasteiger partial charge in [-0.25, -0.2) is 0 Å². The molecular weight excluding hydrogens is 258 g/mol. The minimum Gasteiger partial charge on any atom is -0.353 e. The molecule has 0 heterocycles. The molecule has 0 aliphatic heterocycles. The molecule has 0 radical (unpaired) electrons. The van der Waals surface area contributed by atoms with Crippen LogP contribution in [0.4, 0.5) is 0 Å². The van der Waals surface area contributed by atoms with Crippen molar-refractivity contribution in [2.24, 2.45) is 4.99 Å². The SMILES string of the molecule is CCN=C(NC1CCCC1)N(C1CCCC1)C1CCCC1. The predicted octanol–water partition coefficient (Wildman–Crippen LogP) is 4.08. The first-order chi connectivity index (χ1) is 10.4. The van der Waals surface area contributed by atoms with E-state index in [0.717, 1.165) is 18.6 Å². The van der Waals surface area contributed by atoms with Crippen LogP contribution in [0.1, 0.15) is 84.0 Å². The van der Waals surface area contributed by atoms with Crippen LogP contribution in [-0.2, 0) is 0 Å². The third kappa shape index (κ3) is 3.73. The molecule has 3 saturated carbocycles. The minimum atomic E-state index is 0.681. The Bertz CT molecular complexity index is 318. The fourth-order valence-corrected chi connectivity index (χ4v) is 4.61. The molecule has 3 fully saturated rings.